The number of ether oxygens (including phenoxy) is 1. The maximum atomic E-state index is 8.85. The Bertz CT molecular complexity index is 463. The van der Waals surface area contributed by atoms with E-state index in [1.54, 1.807) is 0 Å². The summed E-state index contributed by atoms with van der Waals surface area (Å²) in [6.45, 7) is 0. The molecule has 5 heteroatoms. The molecule has 5 nitrogen and oxygen atoms in total. The molecule has 0 amide bonds. The average Bonchev–Trinajstić information content (AvgIpc) is 3.02. The van der Waals surface area contributed by atoms with Gasteiger partial charge in [0.05, 0.1) is 7.11 Å². The summed E-state index contributed by atoms with van der Waals surface area (Å²) in [7, 11) is 1.47. The van der Waals surface area contributed by atoms with E-state index in [1.165, 1.54) is 32.8 Å². The molecule has 3 atom stereocenters. The molecule has 1 aromatic heterocycles. The molecule has 2 aliphatic carbocycles. The molecular formula is C12H15N3O2. The Balaban J connectivity index is 1.73. The Kier molecular flexibility index (Phi) is 2.43. The van der Waals surface area contributed by atoms with Crippen LogP contribution in [0, 0.1) is 23.2 Å². The topological polar surface area (TPSA) is 71.1 Å². The quantitative estimate of drug-likeness (QED) is 0.866. The average molecular weight is 233 g/mol. The number of anilines is 1. The van der Waals surface area contributed by atoms with Crippen molar-refractivity contribution in [3.8, 4) is 12.0 Å². The van der Waals surface area contributed by atoms with Crippen molar-refractivity contribution in [1.29, 1.82) is 5.26 Å². The fraction of sp³-hybridized carbons (Fsp3) is 0.667. The molecule has 2 aliphatic rings. The number of fused-ring (bicyclic) bond motifs is 2. The Morgan fingerprint density at radius 3 is 2.88 bits per heavy atom. The number of nitrogens with zero attached hydrogens (tertiary/aromatic N) is 2. The molecule has 0 aromatic carbocycles. The van der Waals surface area contributed by atoms with Gasteiger partial charge in [0.15, 0.2) is 0 Å². The Labute approximate surface area is 99.8 Å². The third kappa shape index (κ3) is 1.74. The van der Waals surface area contributed by atoms with Crippen LogP contribution >= 0.6 is 0 Å². The summed E-state index contributed by atoms with van der Waals surface area (Å²) in [6.07, 6.45) is 5.17. The summed E-state index contributed by atoms with van der Waals surface area (Å²) in [5, 5.41) is 12.1. The lowest BCUT2D eigenvalue weighted by atomic mass is 9.96. The SMILES string of the molecule is COc1oc(N[C@@H]2C[C@H]3CC[C@@H]2C3)nc1C#N. The lowest BCUT2D eigenvalue weighted by Crippen LogP contribution is -2.25. The second-order valence-corrected chi connectivity index (χ2v) is 4.90. The van der Waals surface area contributed by atoms with Gasteiger partial charge in [0.25, 0.3) is 6.01 Å². The first-order chi connectivity index (χ1) is 8.30. The predicted octanol–water partition coefficient (Wildman–Crippen LogP) is 2.16. The monoisotopic (exact) mass is 233 g/mol. The van der Waals surface area contributed by atoms with Gasteiger partial charge < -0.3 is 14.5 Å². The minimum atomic E-state index is 0.193. The zero-order valence-electron chi connectivity index (χ0n) is 9.77. The summed E-state index contributed by atoms with van der Waals surface area (Å²) in [5.41, 5.74) is 0.207. The van der Waals surface area contributed by atoms with Gasteiger partial charge in [-0.3, -0.25) is 0 Å². The standard InChI is InChI=1S/C12H15N3O2/c1-16-11-10(6-13)15-12(17-11)14-9-5-7-2-3-8(9)4-7/h7-9H,2-5H2,1H3,(H,14,15)/t7-,8+,9+/m0/s1. The third-order valence-electron chi connectivity index (χ3n) is 3.93. The van der Waals surface area contributed by atoms with Gasteiger partial charge in [-0.25, -0.2) is 0 Å². The maximum absolute atomic E-state index is 8.85. The number of aromatic nitrogens is 1. The number of nitrogens with one attached hydrogen (secondary N) is 1. The van der Waals surface area contributed by atoms with Crippen molar-refractivity contribution >= 4 is 6.01 Å². The van der Waals surface area contributed by atoms with E-state index in [0.29, 0.717) is 12.1 Å². The van der Waals surface area contributed by atoms with Crippen LogP contribution in [0.3, 0.4) is 0 Å². The largest absolute Gasteiger partial charge is 0.466 e. The predicted molar refractivity (Wildman–Crippen MR) is 60.6 cm³/mol. The molecule has 0 radical (unpaired) electrons. The summed E-state index contributed by atoms with van der Waals surface area (Å²) in [4.78, 5) is 4.08. The van der Waals surface area contributed by atoms with Crippen LogP contribution in [0.25, 0.3) is 0 Å². The van der Waals surface area contributed by atoms with Crippen molar-refractivity contribution in [3.63, 3.8) is 0 Å². The third-order valence-corrected chi connectivity index (χ3v) is 3.93. The van der Waals surface area contributed by atoms with Crippen LogP contribution in [-0.4, -0.2) is 18.1 Å². The molecule has 0 spiro atoms. The van der Waals surface area contributed by atoms with Crippen LogP contribution in [0.15, 0.2) is 4.42 Å². The first-order valence-electron chi connectivity index (χ1n) is 6.01. The number of oxazole rings is 1. The molecule has 2 fully saturated rings. The van der Waals surface area contributed by atoms with Crippen molar-refractivity contribution < 1.29 is 9.15 Å². The van der Waals surface area contributed by atoms with Crippen LogP contribution in [0.2, 0.25) is 0 Å². The lowest BCUT2D eigenvalue weighted by molar-refractivity contribution is 0.305. The van der Waals surface area contributed by atoms with Crippen LogP contribution in [0.1, 0.15) is 31.4 Å². The summed E-state index contributed by atoms with van der Waals surface area (Å²) >= 11 is 0. The van der Waals surface area contributed by atoms with E-state index < -0.39 is 0 Å². The molecule has 1 heterocycles. The summed E-state index contributed by atoms with van der Waals surface area (Å²) < 4.78 is 10.3. The van der Waals surface area contributed by atoms with E-state index in [4.69, 9.17) is 14.4 Å². The molecular weight excluding hydrogens is 218 g/mol. The molecule has 1 N–H and O–H groups in total. The summed E-state index contributed by atoms with van der Waals surface area (Å²) in [5.74, 6) is 1.80. The molecule has 1 aromatic rings. The van der Waals surface area contributed by atoms with E-state index in [2.05, 4.69) is 10.3 Å². The van der Waals surface area contributed by atoms with Gasteiger partial charge in [-0.1, -0.05) is 6.42 Å². The first kappa shape index (κ1) is 10.5. The molecule has 0 saturated heterocycles. The second kappa shape index (κ2) is 3.95. The Morgan fingerprint density at radius 2 is 2.35 bits per heavy atom. The smallest absolute Gasteiger partial charge is 0.325 e. The molecule has 2 saturated carbocycles. The van der Waals surface area contributed by atoms with E-state index in [-0.39, 0.29) is 11.6 Å². The zero-order chi connectivity index (χ0) is 11.8. The van der Waals surface area contributed by atoms with Crippen molar-refractivity contribution in [2.45, 2.75) is 31.7 Å². The van der Waals surface area contributed by atoms with Gasteiger partial charge in [-0.15, -0.1) is 0 Å². The van der Waals surface area contributed by atoms with Crippen molar-refractivity contribution in [2.24, 2.45) is 11.8 Å². The van der Waals surface area contributed by atoms with Crippen LogP contribution in [0.4, 0.5) is 6.01 Å². The molecule has 90 valence electrons. The number of nitriles is 1. The highest BCUT2D eigenvalue weighted by atomic mass is 16.6. The Morgan fingerprint density at radius 1 is 1.47 bits per heavy atom. The number of hydrogen-bond donors (Lipinski definition) is 1. The fourth-order valence-electron chi connectivity index (χ4n) is 3.16. The van der Waals surface area contributed by atoms with Crippen molar-refractivity contribution in [3.05, 3.63) is 5.69 Å². The van der Waals surface area contributed by atoms with Gasteiger partial charge in [-0.2, -0.15) is 10.2 Å². The van der Waals surface area contributed by atoms with Gasteiger partial charge >= 0.3 is 5.95 Å². The zero-order valence-corrected chi connectivity index (χ0v) is 9.77. The van der Waals surface area contributed by atoms with Crippen LogP contribution < -0.4 is 10.1 Å². The highest BCUT2D eigenvalue weighted by Crippen LogP contribution is 2.45. The highest BCUT2D eigenvalue weighted by Gasteiger charge is 2.40. The highest BCUT2D eigenvalue weighted by molar-refractivity contribution is 5.37. The van der Waals surface area contributed by atoms with Crippen molar-refractivity contribution in [1.82, 2.24) is 4.98 Å². The first-order valence-corrected chi connectivity index (χ1v) is 6.01. The van der Waals surface area contributed by atoms with Gasteiger partial charge in [-0.05, 0) is 31.1 Å². The van der Waals surface area contributed by atoms with Crippen LogP contribution in [0.5, 0.6) is 5.95 Å². The maximum Gasteiger partial charge on any atom is 0.325 e. The second-order valence-electron chi connectivity index (χ2n) is 4.90. The van der Waals surface area contributed by atoms with E-state index in [0.717, 1.165) is 11.8 Å². The van der Waals surface area contributed by atoms with Gasteiger partial charge in [0.2, 0.25) is 5.69 Å². The lowest BCUT2D eigenvalue weighted by Gasteiger charge is -2.21. The van der Waals surface area contributed by atoms with E-state index in [9.17, 15) is 0 Å². The number of rotatable bonds is 3. The summed E-state index contributed by atoms with van der Waals surface area (Å²) in [6, 6.07) is 2.82. The molecule has 17 heavy (non-hydrogen) atoms. The van der Waals surface area contributed by atoms with Gasteiger partial charge in [0, 0.05) is 6.04 Å². The Hall–Kier alpha value is -1.70. The minimum absolute atomic E-state index is 0.193. The van der Waals surface area contributed by atoms with Gasteiger partial charge in [0.1, 0.15) is 6.07 Å². The van der Waals surface area contributed by atoms with Crippen molar-refractivity contribution in [2.75, 3.05) is 12.4 Å². The van der Waals surface area contributed by atoms with Crippen LogP contribution in [-0.2, 0) is 0 Å². The molecule has 2 bridgehead atoms. The number of hydrogen-bond acceptors (Lipinski definition) is 5. The normalized spacial score (nSPS) is 30.2. The molecule has 0 aliphatic heterocycles. The van der Waals surface area contributed by atoms with E-state index >= 15 is 0 Å². The van der Waals surface area contributed by atoms with E-state index in [1.807, 2.05) is 6.07 Å². The molecule has 0 unspecified atom stereocenters. The fourth-order valence-corrected chi connectivity index (χ4v) is 3.16. The number of methoxy groups -OCH3 is 1. The molecule has 3 rings (SSSR count). The minimum Gasteiger partial charge on any atom is -0.466 e.